The number of carbonyl (C=O) groups is 2. The van der Waals surface area contributed by atoms with Crippen LogP contribution in [0.2, 0.25) is 0 Å². The highest BCUT2D eigenvalue weighted by atomic mass is 16.4. The standard InChI is InChI=1S/C13H13NO4/c1-6-7(2)18-8(3)11(6)12(15)9-4-10(13(16)17)14-5-9/h4-5,14H,1-3H3,(H,16,17). The van der Waals surface area contributed by atoms with Crippen molar-refractivity contribution in [2.24, 2.45) is 0 Å². The van der Waals surface area contributed by atoms with Crippen LogP contribution in [-0.4, -0.2) is 21.8 Å². The molecule has 0 aliphatic carbocycles. The van der Waals surface area contributed by atoms with E-state index in [-0.39, 0.29) is 11.5 Å². The zero-order valence-electron chi connectivity index (χ0n) is 10.3. The maximum atomic E-state index is 12.3. The van der Waals surface area contributed by atoms with Gasteiger partial charge in [-0.15, -0.1) is 0 Å². The average Bonchev–Trinajstić information content (AvgIpc) is 2.85. The van der Waals surface area contributed by atoms with Crippen molar-refractivity contribution >= 4 is 11.8 Å². The molecule has 0 spiro atoms. The van der Waals surface area contributed by atoms with E-state index in [0.717, 1.165) is 5.56 Å². The molecule has 5 heteroatoms. The molecule has 0 amide bonds. The molecule has 0 saturated carbocycles. The Hall–Kier alpha value is -2.30. The van der Waals surface area contributed by atoms with Gasteiger partial charge >= 0.3 is 5.97 Å². The molecule has 2 N–H and O–H groups in total. The van der Waals surface area contributed by atoms with Crippen molar-refractivity contribution in [1.82, 2.24) is 4.98 Å². The van der Waals surface area contributed by atoms with Gasteiger partial charge < -0.3 is 14.5 Å². The number of carbonyl (C=O) groups excluding carboxylic acids is 1. The smallest absolute Gasteiger partial charge is 0.352 e. The summed E-state index contributed by atoms with van der Waals surface area (Å²) in [4.78, 5) is 25.6. The van der Waals surface area contributed by atoms with Crippen LogP contribution in [-0.2, 0) is 0 Å². The number of aromatic amines is 1. The summed E-state index contributed by atoms with van der Waals surface area (Å²) in [5, 5.41) is 8.80. The van der Waals surface area contributed by atoms with E-state index in [9.17, 15) is 9.59 Å². The highest BCUT2D eigenvalue weighted by Gasteiger charge is 2.21. The SMILES string of the molecule is Cc1oc(C)c(C(=O)c2c[nH]c(C(=O)O)c2)c1C. The van der Waals surface area contributed by atoms with Gasteiger partial charge in [0.15, 0.2) is 5.78 Å². The molecule has 2 aromatic heterocycles. The minimum atomic E-state index is -1.09. The molecule has 0 radical (unpaired) electrons. The molecule has 0 aromatic carbocycles. The molecule has 2 rings (SSSR count). The van der Waals surface area contributed by atoms with Gasteiger partial charge in [0.05, 0.1) is 5.56 Å². The normalized spacial score (nSPS) is 10.6. The molecule has 0 bridgehead atoms. The molecule has 2 aromatic rings. The predicted octanol–water partition coefficient (Wildman–Crippen LogP) is 2.46. The largest absolute Gasteiger partial charge is 0.477 e. The third-order valence-corrected chi connectivity index (χ3v) is 2.96. The zero-order valence-corrected chi connectivity index (χ0v) is 10.3. The third kappa shape index (κ3) is 1.84. The van der Waals surface area contributed by atoms with Crippen LogP contribution < -0.4 is 0 Å². The first-order chi connectivity index (χ1) is 8.41. The number of aromatic carboxylic acids is 1. The lowest BCUT2D eigenvalue weighted by Gasteiger charge is -1.97. The number of ketones is 1. The number of carboxylic acids is 1. The van der Waals surface area contributed by atoms with Crippen molar-refractivity contribution in [1.29, 1.82) is 0 Å². The zero-order chi connectivity index (χ0) is 13.4. The molecule has 2 heterocycles. The van der Waals surface area contributed by atoms with Crippen molar-refractivity contribution < 1.29 is 19.1 Å². The molecule has 18 heavy (non-hydrogen) atoms. The van der Waals surface area contributed by atoms with Gasteiger partial charge in [0.1, 0.15) is 17.2 Å². The number of aryl methyl sites for hydroxylation is 2. The van der Waals surface area contributed by atoms with Crippen LogP contribution in [0.25, 0.3) is 0 Å². The second-order valence-electron chi connectivity index (χ2n) is 4.15. The highest BCUT2D eigenvalue weighted by molar-refractivity contribution is 6.11. The summed E-state index contributed by atoms with van der Waals surface area (Å²) in [6, 6.07) is 1.33. The fourth-order valence-corrected chi connectivity index (χ4v) is 1.92. The van der Waals surface area contributed by atoms with E-state index in [1.807, 2.05) is 6.92 Å². The van der Waals surface area contributed by atoms with Gasteiger partial charge in [-0.25, -0.2) is 4.79 Å². The van der Waals surface area contributed by atoms with E-state index in [1.54, 1.807) is 13.8 Å². The van der Waals surface area contributed by atoms with Gasteiger partial charge in [0, 0.05) is 17.3 Å². The summed E-state index contributed by atoms with van der Waals surface area (Å²) in [7, 11) is 0. The number of carboxylic acid groups (broad SMARTS) is 1. The van der Waals surface area contributed by atoms with Crippen molar-refractivity contribution in [2.75, 3.05) is 0 Å². The van der Waals surface area contributed by atoms with E-state index >= 15 is 0 Å². The van der Waals surface area contributed by atoms with E-state index < -0.39 is 5.97 Å². The monoisotopic (exact) mass is 247 g/mol. The van der Waals surface area contributed by atoms with Gasteiger partial charge in [-0.1, -0.05) is 0 Å². The first kappa shape index (κ1) is 12.2. The maximum Gasteiger partial charge on any atom is 0.352 e. The number of nitrogens with one attached hydrogen (secondary N) is 1. The number of hydrogen-bond acceptors (Lipinski definition) is 3. The Bertz CT molecular complexity index is 633. The topological polar surface area (TPSA) is 83.3 Å². The van der Waals surface area contributed by atoms with Crippen LogP contribution in [0.1, 0.15) is 43.5 Å². The van der Waals surface area contributed by atoms with E-state index in [1.165, 1.54) is 12.3 Å². The Morgan fingerprint density at radius 2 is 1.89 bits per heavy atom. The fourth-order valence-electron chi connectivity index (χ4n) is 1.92. The number of rotatable bonds is 3. The van der Waals surface area contributed by atoms with Gasteiger partial charge in [0.25, 0.3) is 0 Å². The summed E-state index contributed by atoms with van der Waals surface area (Å²) in [6.45, 7) is 5.32. The minimum absolute atomic E-state index is 0.00567. The molecule has 0 aliphatic heterocycles. The van der Waals surface area contributed by atoms with Crippen molar-refractivity contribution in [3.63, 3.8) is 0 Å². The maximum absolute atomic E-state index is 12.3. The lowest BCUT2D eigenvalue weighted by atomic mass is 10.0. The Balaban J connectivity index is 2.44. The van der Waals surface area contributed by atoms with Crippen LogP contribution >= 0.6 is 0 Å². The first-order valence-corrected chi connectivity index (χ1v) is 5.44. The third-order valence-electron chi connectivity index (χ3n) is 2.96. The Morgan fingerprint density at radius 3 is 2.33 bits per heavy atom. The summed E-state index contributed by atoms with van der Waals surface area (Å²) in [6.07, 6.45) is 1.40. The lowest BCUT2D eigenvalue weighted by molar-refractivity contribution is 0.0691. The summed E-state index contributed by atoms with van der Waals surface area (Å²) >= 11 is 0. The first-order valence-electron chi connectivity index (χ1n) is 5.44. The highest BCUT2D eigenvalue weighted by Crippen LogP contribution is 2.23. The predicted molar refractivity (Wildman–Crippen MR) is 64.1 cm³/mol. The van der Waals surface area contributed by atoms with Gasteiger partial charge in [-0.2, -0.15) is 0 Å². The van der Waals surface area contributed by atoms with Crippen LogP contribution in [0.4, 0.5) is 0 Å². The van der Waals surface area contributed by atoms with Gasteiger partial charge in [0.2, 0.25) is 0 Å². The molecule has 0 atom stereocenters. The second-order valence-corrected chi connectivity index (χ2v) is 4.15. The molecule has 0 unspecified atom stereocenters. The quantitative estimate of drug-likeness (QED) is 0.816. The summed E-state index contributed by atoms with van der Waals surface area (Å²) in [5.74, 6) is -0.0746. The number of H-pyrrole nitrogens is 1. The van der Waals surface area contributed by atoms with Gasteiger partial charge in [-0.3, -0.25) is 4.79 Å². The number of aromatic nitrogens is 1. The number of hydrogen-bond donors (Lipinski definition) is 2. The Morgan fingerprint density at radius 1 is 1.22 bits per heavy atom. The van der Waals surface area contributed by atoms with Crippen LogP contribution in [0.5, 0.6) is 0 Å². The second kappa shape index (κ2) is 4.18. The van der Waals surface area contributed by atoms with Crippen LogP contribution in [0, 0.1) is 20.8 Å². The van der Waals surface area contributed by atoms with Crippen LogP contribution in [0.3, 0.4) is 0 Å². The molecule has 0 fully saturated rings. The molecule has 0 saturated heterocycles. The Kier molecular flexibility index (Phi) is 2.82. The van der Waals surface area contributed by atoms with Crippen molar-refractivity contribution in [3.05, 3.63) is 46.2 Å². The summed E-state index contributed by atoms with van der Waals surface area (Å²) in [5.41, 5.74) is 1.60. The van der Waals surface area contributed by atoms with E-state index in [2.05, 4.69) is 4.98 Å². The molecule has 94 valence electrons. The van der Waals surface area contributed by atoms with E-state index in [0.29, 0.717) is 22.6 Å². The minimum Gasteiger partial charge on any atom is -0.477 e. The number of furan rings is 1. The van der Waals surface area contributed by atoms with Crippen molar-refractivity contribution in [2.45, 2.75) is 20.8 Å². The van der Waals surface area contributed by atoms with Gasteiger partial charge in [-0.05, 0) is 26.8 Å². The fraction of sp³-hybridized carbons (Fsp3) is 0.231. The van der Waals surface area contributed by atoms with E-state index in [4.69, 9.17) is 9.52 Å². The molecular formula is C13H13NO4. The Labute approximate surface area is 103 Å². The lowest BCUT2D eigenvalue weighted by Crippen LogP contribution is -2.02. The van der Waals surface area contributed by atoms with Crippen LogP contribution in [0.15, 0.2) is 16.7 Å². The van der Waals surface area contributed by atoms with Crippen molar-refractivity contribution in [3.8, 4) is 0 Å². The molecular weight excluding hydrogens is 234 g/mol. The molecule has 5 nitrogen and oxygen atoms in total. The molecule has 0 aliphatic rings. The summed E-state index contributed by atoms with van der Waals surface area (Å²) < 4.78 is 5.39. The average molecular weight is 247 g/mol.